The zero-order valence-electron chi connectivity index (χ0n) is 14.5. The fourth-order valence-electron chi connectivity index (χ4n) is 2.63. The van der Waals surface area contributed by atoms with Gasteiger partial charge in [-0.05, 0) is 49.2 Å². The van der Waals surface area contributed by atoms with Crippen molar-refractivity contribution in [2.45, 2.75) is 26.1 Å². The quantitative estimate of drug-likeness (QED) is 0.625. The van der Waals surface area contributed by atoms with Crippen molar-refractivity contribution in [2.75, 3.05) is 4.31 Å². The maximum absolute atomic E-state index is 13.3. The molecule has 3 rings (SSSR count). The Bertz CT molecular complexity index is 998. The Hall–Kier alpha value is -2.25. The summed E-state index contributed by atoms with van der Waals surface area (Å²) in [5.74, 6) is -0.533. The summed E-state index contributed by atoms with van der Waals surface area (Å²) in [5, 5.41) is 2.71. The summed E-state index contributed by atoms with van der Waals surface area (Å²) < 4.78 is 40.9. The molecule has 0 atom stereocenters. The summed E-state index contributed by atoms with van der Waals surface area (Å²) in [6.07, 6.45) is 0. The number of halogens is 1. The van der Waals surface area contributed by atoms with E-state index < -0.39 is 15.8 Å². The van der Waals surface area contributed by atoms with Gasteiger partial charge in [0.15, 0.2) is 0 Å². The van der Waals surface area contributed by atoms with Gasteiger partial charge in [0.1, 0.15) is 5.82 Å². The predicted octanol–water partition coefficient (Wildman–Crippen LogP) is 4.44. The van der Waals surface area contributed by atoms with Crippen LogP contribution in [0.3, 0.4) is 0 Å². The van der Waals surface area contributed by atoms with Gasteiger partial charge in [0.05, 0.1) is 28.7 Å². The van der Waals surface area contributed by atoms with E-state index in [4.69, 9.17) is 0 Å². The molecular weight excluding hydrogens is 371 g/mol. The maximum Gasteiger partial charge on any atom is 0.239 e. The van der Waals surface area contributed by atoms with Gasteiger partial charge in [0.2, 0.25) is 10.0 Å². The van der Waals surface area contributed by atoms with E-state index in [1.807, 2.05) is 43.5 Å². The van der Waals surface area contributed by atoms with E-state index in [9.17, 15) is 12.8 Å². The number of sulfonamides is 1. The van der Waals surface area contributed by atoms with Crippen LogP contribution in [0.5, 0.6) is 0 Å². The van der Waals surface area contributed by atoms with Crippen LogP contribution in [0.1, 0.15) is 21.8 Å². The molecule has 0 N–H and O–H groups in total. The second-order valence-electron chi connectivity index (χ2n) is 6.02. The van der Waals surface area contributed by atoms with Crippen molar-refractivity contribution in [1.29, 1.82) is 0 Å². The second-order valence-corrected chi connectivity index (χ2v) is 8.98. The highest BCUT2D eigenvalue weighted by Crippen LogP contribution is 2.25. The van der Waals surface area contributed by atoms with Gasteiger partial charge in [0.25, 0.3) is 0 Å². The monoisotopic (exact) mass is 390 g/mol. The Morgan fingerprint density at radius 1 is 1.08 bits per heavy atom. The van der Waals surface area contributed by atoms with Crippen LogP contribution in [-0.2, 0) is 22.3 Å². The van der Waals surface area contributed by atoms with Gasteiger partial charge in [-0.1, -0.05) is 24.3 Å². The molecule has 0 saturated carbocycles. The smallest absolute Gasteiger partial charge is 0.239 e. The topological polar surface area (TPSA) is 50.3 Å². The summed E-state index contributed by atoms with van der Waals surface area (Å²) in [6.45, 7) is 3.87. The van der Waals surface area contributed by atoms with Crippen LogP contribution in [0, 0.1) is 19.7 Å². The van der Waals surface area contributed by atoms with Crippen molar-refractivity contribution < 1.29 is 12.8 Å². The van der Waals surface area contributed by atoms with E-state index in [-0.39, 0.29) is 12.3 Å². The lowest BCUT2D eigenvalue weighted by Crippen LogP contribution is -2.32. The van der Waals surface area contributed by atoms with E-state index in [1.165, 1.54) is 39.9 Å². The van der Waals surface area contributed by atoms with Gasteiger partial charge in [-0.15, -0.1) is 11.3 Å². The van der Waals surface area contributed by atoms with E-state index >= 15 is 0 Å². The zero-order chi connectivity index (χ0) is 18.7. The van der Waals surface area contributed by atoms with Crippen LogP contribution in [0.15, 0.2) is 53.9 Å². The zero-order valence-corrected chi connectivity index (χ0v) is 16.1. The van der Waals surface area contributed by atoms with Crippen molar-refractivity contribution in [2.24, 2.45) is 0 Å². The molecule has 7 heteroatoms. The lowest BCUT2D eigenvalue weighted by atomic mass is 10.1. The first-order valence-corrected chi connectivity index (χ1v) is 10.6. The molecule has 0 amide bonds. The molecule has 0 unspecified atom stereocenters. The van der Waals surface area contributed by atoms with Crippen LogP contribution in [0.2, 0.25) is 0 Å². The minimum Gasteiger partial charge on any atom is -0.264 e. The number of anilines is 1. The Morgan fingerprint density at radius 3 is 2.38 bits per heavy atom. The molecule has 0 aliphatic heterocycles. The van der Waals surface area contributed by atoms with Crippen LogP contribution in [0.4, 0.5) is 10.1 Å². The number of aryl methyl sites for hydroxylation is 2. The highest BCUT2D eigenvalue weighted by molar-refractivity contribution is 7.92. The fraction of sp³-hybridized carbons (Fsp3) is 0.211. The molecule has 0 fully saturated rings. The molecule has 1 heterocycles. The number of hydrogen-bond donors (Lipinski definition) is 0. The molecule has 2 aromatic carbocycles. The van der Waals surface area contributed by atoms with Crippen molar-refractivity contribution in [1.82, 2.24) is 4.98 Å². The summed E-state index contributed by atoms with van der Waals surface area (Å²) in [4.78, 5) is 4.37. The molecule has 1 aromatic heterocycles. The maximum atomic E-state index is 13.3. The van der Waals surface area contributed by atoms with Crippen molar-refractivity contribution in [3.8, 4) is 0 Å². The van der Waals surface area contributed by atoms with Crippen LogP contribution < -0.4 is 4.31 Å². The van der Waals surface area contributed by atoms with Crippen molar-refractivity contribution in [3.63, 3.8) is 0 Å². The highest BCUT2D eigenvalue weighted by atomic mass is 32.2. The number of nitrogens with zero attached hydrogens (tertiary/aromatic N) is 2. The minimum atomic E-state index is -3.68. The largest absolute Gasteiger partial charge is 0.264 e. The molecule has 26 heavy (non-hydrogen) atoms. The van der Waals surface area contributed by atoms with Crippen molar-refractivity contribution >= 4 is 27.0 Å². The van der Waals surface area contributed by atoms with Crippen LogP contribution in [-0.4, -0.2) is 13.4 Å². The molecule has 0 radical (unpaired) electrons. The van der Waals surface area contributed by atoms with Crippen molar-refractivity contribution in [3.05, 3.63) is 81.6 Å². The average molecular weight is 391 g/mol. The molecule has 3 aromatic rings. The molecule has 136 valence electrons. The summed E-state index contributed by atoms with van der Waals surface area (Å²) in [6, 6.07) is 12.9. The molecular formula is C19H19FN2O2S2. The van der Waals surface area contributed by atoms with Crippen LogP contribution >= 0.6 is 11.3 Å². The normalized spacial score (nSPS) is 11.5. The highest BCUT2D eigenvalue weighted by Gasteiger charge is 2.25. The number of aromatic nitrogens is 1. The molecule has 0 bridgehead atoms. The molecule has 0 aliphatic carbocycles. The predicted molar refractivity (Wildman–Crippen MR) is 103 cm³/mol. The van der Waals surface area contributed by atoms with E-state index in [1.54, 1.807) is 0 Å². The van der Waals surface area contributed by atoms with Gasteiger partial charge in [-0.3, -0.25) is 4.31 Å². The van der Waals surface area contributed by atoms with Gasteiger partial charge in [-0.25, -0.2) is 17.8 Å². The van der Waals surface area contributed by atoms with Gasteiger partial charge in [-0.2, -0.15) is 0 Å². The average Bonchev–Trinajstić information content (AvgIpc) is 3.01. The van der Waals surface area contributed by atoms with E-state index in [0.717, 1.165) is 16.1 Å². The first-order valence-electron chi connectivity index (χ1n) is 8.06. The summed E-state index contributed by atoms with van der Waals surface area (Å²) in [5.41, 5.74) is 2.75. The van der Waals surface area contributed by atoms with E-state index in [0.29, 0.717) is 11.4 Å². The first-order chi connectivity index (χ1) is 12.3. The number of benzene rings is 2. The first kappa shape index (κ1) is 18.5. The van der Waals surface area contributed by atoms with E-state index in [2.05, 4.69) is 4.98 Å². The Morgan fingerprint density at radius 2 is 1.77 bits per heavy atom. The minimum absolute atomic E-state index is 0.115. The third-order valence-electron chi connectivity index (χ3n) is 4.02. The number of rotatable bonds is 6. The lowest BCUT2D eigenvalue weighted by molar-refractivity contribution is 0.588. The van der Waals surface area contributed by atoms with Crippen LogP contribution in [0.25, 0.3) is 0 Å². The number of hydrogen-bond acceptors (Lipinski definition) is 4. The van der Waals surface area contributed by atoms with Gasteiger partial charge < -0.3 is 0 Å². The Balaban J connectivity index is 1.98. The molecule has 0 spiro atoms. The Labute approximate surface area is 157 Å². The Kier molecular flexibility index (Phi) is 5.38. The van der Waals surface area contributed by atoms with Gasteiger partial charge >= 0.3 is 0 Å². The SMILES string of the molecule is Cc1nc(CN(c2ccc(F)cc2)S(=O)(=O)Cc2ccccc2C)cs1. The standard InChI is InChI=1S/C19H19FN2O2S2/c1-14-5-3-4-6-16(14)13-26(23,24)22(11-18-12-25-15(2)21-18)19-9-7-17(20)8-10-19/h3-10,12H,11,13H2,1-2H3. The third kappa shape index (κ3) is 4.28. The summed E-state index contributed by atoms with van der Waals surface area (Å²) >= 11 is 1.47. The molecule has 0 saturated heterocycles. The third-order valence-corrected chi connectivity index (χ3v) is 6.53. The second kappa shape index (κ2) is 7.55. The van der Waals surface area contributed by atoms with Gasteiger partial charge in [0, 0.05) is 5.38 Å². The lowest BCUT2D eigenvalue weighted by Gasteiger charge is -2.24. The molecule has 0 aliphatic rings. The number of thiazole rings is 1. The molecule has 4 nitrogen and oxygen atoms in total. The fourth-order valence-corrected chi connectivity index (χ4v) is 4.88. The summed E-state index contributed by atoms with van der Waals surface area (Å²) in [7, 11) is -3.68.